The van der Waals surface area contributed by atoms with Gasteiger partial charge in [0, 0.05) is 44.0 Å². The van der Waals surface area contributed by atoms with E-state index in [-0.39, 0.29) is 17.8 Å². The lowest BCUT2D eigenvalue weighted by Gasteiger charge is -2.36. The fourth-order valence-corrected chi connectivity index (χ4v) is 3.94. The lowest BCUT2D eigenvalue weighted by Crippen LogP contribution is -2.45. The normalized spacial score (nSPS) is 15.5. The molecule has 4 nitrogen and oxygen atoms in total. The molecule has 0 aliphatic carbocycles. The minimum absolute atomic E-state index is 0.0363. The summed E-state index contributed by atoms with van der Waals surface area (Å²) in [6.45, 7) is 6.60. The smallest absolute Gasteiger partial charge is 0.251 e. The topological polar surface area (TPSA) is 35.6 Å². The Bertz CT molecular complexity index is 981. The van der Waals surface area contributed by atoms with Crippen LogP contribution in [0.1, 0.15) is 34.5 Å². The number of anilines is 1. The molecule has 0 bridgehead atoms. The van der Waals surface area contributed by atoms with E-state index < -0.39 is 0 Å². The summed E-state index contributed by atoms with van der Waals surface area (Å²) in [5, 5.41) is 3.06. The number of halogens is 1. The number of benzene rings is 3. The Kier molecular flexibility index (Phi) is 6.63. The van der Waals surface area contributed by atoms with Gasteiger partial charge in [0.05, 0.1) is 6.04 Å². The number of rotatable bonds is 6. The third-order valence-corrected chi connectivity index (χ3v) is 5.83. The summed E-state index contributed by atoms with van der Waals surface area (Å²) in [6.07, 6.45) is 0. The summed E-state index contributed by atoms with van der Waals surface area (Å²) in [5.41, 5.74) is 4.03. The molecule has 160 valence electrons. The van der Waals surface area contributed by atoms with E-state index >= 15 is 0 Å². The predicted molar refractivity (Wildman–Crippen MR) is 123 cm³/mol. The van der Waals surface area contributed by atoms with Crippen LogP contribution in [0.3, 0.4) is 0 Å². The molecular weight excluding hydrogens is 389 g/mol. The van der Waals surface area contributed by atoms with Crippen LogP contribution in [0, 0.1) is 5.82 Å². The van der Waals surface area contributed by atoms with Crippen LogP contribution in [0.4, 0.5) is 10.1 Å². The molecule has 0 aromatic heterocycles. The highest BCUT2D eigenvalue weighted by molar-refractivity contribution is 5.94. The van der Waals surface area contributed by atoms with Gasteiger partial charge < -0.3 is 10.2 Å². The third kappa shape index (κ3) is 5.50. The van der Waals surface area contributed by atoms with E-state index in [0.29, 0.717) is 5.56 Å². The maximum absolute atomic E-state index is 13.1. The standard InChI is InChI=1S/C26H28FN3O/c1-20(22-5-3-2-4-6-22)28-26(31)23-9-7-21(8-10-23)19-29-15-17-30(18-16-29)25-13-11-24(27)12-14-25/h2-14,20H,15-19H2,1H3,(H,28,31)/t20-/m1/s1. The number of carbonyl (C=O) groups excluding carboxylic acids is 1. The van der Waals surface area contributed by atoms with E-state index in [1.807, 2.05) is 73.7 Å². The van der Waals surface area contributed by atoms with Crippen LogP contribution in [0.25, 0.3) is 0 Å². The van der Waals surface area contributed by atoms with Crippen molar-refractivity contribution < 1.29 is 9.18 Å². The number of nitrogens with one attached hydrogen (secondary N) is 1. The fourth-order valence-electron chi connectivity index (χ4n) is 3.94. The van der Waals surface area contributed by atoms with Gasteiger partial charge in [-0.3, -0.25) is 9.69 Å². The third-order valence-electron chi connectivity index (χ3n) is 5.83. The molecule has 1 saturated heterocycles. The van der Waals surface area contributed by atoms with E-state index in [4.69, 9.17) is 0 Å². The van der Waals surface area contributed by atoms with E-state index in [1.165, 1.54) is 17.7 Å². The van der Waals surface area contributed by atoms with Crippen LogP contribution in [0.2, 0.25) is 0 Å². The van der Waals surface area contributed by atoms with E-state index in [2.05, 4.69) is 15.1 Å². The first-order valence-corrected chi connectivity index (χ1v) is 10.8. The zero-order chi connectivity index (χ0) is 21.6. The summed E-state index contributed by atoms with van der Waals surface area (Å²) in [7, 11) is 0. The Morgan fingerprint density at radius 3 is 2.19 bits per heavy atom. The van der Waals surface area contributed by atoms with E-state index in [9.17, 15) is 9.18 Å². The molecule has 3 aromatic carbocycles. The summed E-state index contributed by atoms with van der Waals surface area (Å²) in [4.78, 5) is 17.3. The average molecular weight is 418 g/mol. The average Bonchev–Trinajstić information content (AvgIpc) is 2.81. The molecule has 1 fully saturated rings. The number of amides is 1. The second-order valence-corrected chi connectivity index (χ2v) is 8.04. The summed E-state index contributed by atoms with van der Waals surface area (Å²) < 4.78 is 13.1. The van der Waals surface area contributed by atoms with Gasteiger partial charge in [0.25, 0.3) is 5.91 Å². The lowest BCUT2D eigenvalue weighted by molar-refractivity contribution is 0.0940. The molecule has 1 N–H and O–H groups in total. The molecule has 3 aromatic rings. The zero-order valence-electron chi connectivity index (χ0n) is 17.8. The summed E-state index contributed by atoms with van der Waals surface area (Å²) >= 11 is 0. The van der Waals surface area contributed by atoms with E-state index in [0.717, 1.165) is 44.0 Å². The number of hydrogen-bond donors (Lipinski definition) is 1. The van der Waals surface area contributed by atoms with Gasteiger partial charge in [-0.25, -0.2) is 4.39 Å². The molecule has 1 aliphatic rings. The number of nitrogens with zero attached hydrogens (tertiary/aromatic N) is 2. The van der Waals surface area contributed by atoms with Gasteiger partial charge in [0.2, 0.25) is 0 Å². The van der Waals surface area contributed by atoms with Crippen LogP contribution >= 0.6 is 0 Å². The Hall–Kier alpha value is -3.18. The molecule has 1 aliphatic heterocycles. The molecule has 1 atom stereocenters. The van der Waals surface area contributed by atoms with Crippen molar-refractivity contribution in [2.24, 2.45) is 0 Å². The monoisotopic (exact) mass is 417 g/mol. The van der Waals surface area contributed by atoms with Crippen molar-refractivity contribution in [3.8, 4) is 0 Å². The van der Waals surface area contributed by atoms with Gasteiger partial charge in [0.1, 0.15) is 5.82 Å². The van der Waals surface area contributed by atoms with Gasteiger partial charge in [-0.15, -0.1) is 0 Å². The molecule has 0 unspecified atom stereocenters. The molecular formula is C26H28FN3O. The predicted octanol–water partition coefficient (Wildman–Crippen LogP) is 4.64. The lowest BCUT2D eigenvalue weighted by atomic mass is 10.1. The van der Waals surface area contributed by atoms with Crippen LogP contribution in [-0.2, 0) is 6.54 Å². The van der Waals surface area contributed by atoms with Crippen LogP contribution < -0.4 is 10.2 Å². The summed E-state index contributed by atoms with van der Waals surface area (Å²) in [5.74, 6) is -0.259. The van der Waals surface area contributed by atoms with E-state index in [1.54, 1.807) is 0 Å². The molecule has 5 heteroatoms. The van der Waals surface area contributed by atoms with Gasteiger partial charge in [0.15, 0.2) is 0 Å². The van der Waals surface area contributed by atoms with Gasteiger partial charge in [-0.2, -0.15) is 0 Å². The quantitative estimate of drug-likeness (QED) is 0.635. The Balaban J connectivity index is 1.28. The number of piperazine rings is 1. The van der Waals surface area contributed by atoms with Crippen molar-refractivity contribution in [2.75, 3.05) is 31.1 Å². The van der Waals surface area contributed by atoms with Gasteiger partial charge in [-0.05, 0) is 54.4 Å². The van der Waals surface area contributed by atoms with Crippen molar-refractivity contribution in [3.05, 3.63) is 101 Å². The highest BCUT2D eigenvalue weighted by Gasteiger charge is 2.18. The Labute approximate surface area is 183 Å². The highest BCUT2D eigenvalue weighted by Crippen LogP contribution is 2.18. The first-order valence-electron chi connectivity index (χ1n) is 10.8. The van der Waals surface area contributed by atoms with Gasteiger partial charge in [-0.1, -0.05) is 42.5 Å². The first kappa shape index (κ1) is 21.1. The van der Waals surface area contributed by atoms with Crippen molar-refractivity contribution >= 4 is 11.6 Å². The molecule has 0 saturated carbocycles. The largest absolute Gasteiger partial charge is 0.369 e. The molecule has 1 heterocycles. The molecule has 0 radical (unpaired) electrons. The van der Waals surface area contributed by atoms with Crippen LogP contribution in [-0.4, -0.2) is 37.0 Å². The number of hydrogen-bond acceptors (Lipinski definition) is 3. The Morgan fingerprint density at radius 1 is 0.903 bits per heavy atom. The molecule has 0 spiro atoms. The highest BCUT2D eigenvalue weighted by atomic mass is 19.1. The zero-order valence-corrected chi connectivity index (χ0v) is 17.8. The maximum atomic E-state index is 13.1. The molecule has 31 heavy (non-hydrogen) atoms. The minimum Gasteiger partial charge on any atom is -0.369 e. The SMILES string of the molecule is C[C@@H](NC(=O)c1ccc(CN2CCN(c3ccc(F)cc3)CC2)cc1)c1ccccc1. The second-order valence-electron chi connectivity index (χ2n) is 8.04. The maximum Gasteiger partial charge on any atom is 0.251 e. The van der Waals surface area contributed by atoms with Gasteiger partial charge >= 0.3 is 0 Å². The number of carbonyl (C=O) groups is 1. The van der Waals surface area contributed by atoms with Crippen molar-refractivity contribution in [1.82, 2.24) is 10.2 Å². The van der Waals surface area contributed by atoms with Crippen molar-refractivity contribution in [3.63, 3.8) is 0 Å². The van der Waals surface area contributed by atoms with Crippen molar-refractivity contribution in [2.45, 2.75) is 19.5 Å². The van der Waals surface area contributed by atoms with Crippen molar-refractivity contribution in [1.29, 1.82) is 0 Å². The molecule has 4 rings (SSSR count). The Morgan fingerprint density at radius 2 is 1.55 bits per heavy atom. The fraction of sp³-hybridized carbons (Fsp3) is 0.269. The first-order chi connectivity index (χ1) is 15.1. The summed E-state index contributed by atoms with van der Waals surface area (Å²) in [6, 6.07) is 24.5. The second kappa shape index (κ2) is 9.75. The minimum atomic E-state index is -0.200. The molecule has 1 amide bonds. The van der Waals surface area contributed by atoms with Crippen LogP contribution in [0.5, 0.6) is 0 Å². The van der Waals surface area contributed by atoms with Crippen LogP contribution in [0.15, 0.2) is 78.9 Å².